The van der Waals surface area contributed by atoms with Crippen LogP contribution in [-0.4, -0.2) is 25.0 Å². The number of nitrogens with zero attached hydrogens (tertiary/aromatic N) is 1. The molecule has 1 saturated heterocycles. The molecule has 2 N–H and O–H groups in total. The summed E-state index contributed by atoms with van der Waals surface area (Å²) in [7, 11) is -3.06. The maximum absolute atomic E-state index is 11.9. The molecule has 0 spiro atoms. The normalized spacial score (nSPS) is 17.9. The van der Waals surface area contributed by atoms with Gasteiger partial charge in [-0.2, -0.15) is 4.31 Å². The van der Waals surface area contributed by atoms with Crippen LogP contribution in [0, 0.1) is 0 Å². The fourth-order valence-corrected chi connectivity index (χ4v) is 4.15. The van der Waals surface area contributed by atoms with Crippen LogP contribution in [-0.2, 0) is 16.6 Å². The van der Waals surface area contributed by atoms with Crippen molar-refractivity contribution in [2.45, 2.75) is 13.0 Å². The van der Waals surface area contributed by atoms with Gasteiger partial charge in [0.2, 0.25) is 10.0 Å². The Balaban J connectivity index is 1.87. The van der Waals surface area contributed by atoms with Gasteiger partial charge in [-0.05, 0) is 41.3 Å². The molecule has 2 aromatic carbocycles. The Morgan fingerprint density at radius 1 is 1.05 bits per heavy atom. The summed E-state index contributed by atoms with van der Waals surface area (Å²) in [4.78, 5) is 0. The molecular weight excluding hydrogens is 284 g/mol. The Labute approximate surface area is 125 Å². The summed E-state index contributed by atoms with van der Waals surface area (Å²) in [6, 6.07) is 15.7. The van der Waals surface area contributed by atoms with Crippen molar-refractivity contribution in [2.75, 3.05) is 18.0 Å². The zero-order chi connectivity index (χ0) is 14.9. The lowest BCUT2D eigenvalue weighted by atomic mass is 10.0. The van der Waals surface area contributed by atoms with E-state index in [4.69, 9.17) is 5.73 Å². The van der Waals surface area contributed by atoms with Gasteiger partial charge in [-0.25, -0.2) is 8.42 Å². The summed E-state index contributed by atoms with van der Waals surface area (Å²) >= 11 is 0. The molecule has 3 rings (SSSR count). The lowest BCUT2D eigenvalue weighted by Gasteiger charge is -2.15. The van der Waals surface area contributed by atoms with E-state index in [1.165, 1.54) is 0 Å². The summed E-state index contributed by atoms with van der Waals surface area (Å²) in [5.41, 5.74) is 9.63. The van der Waals surface area contributed by atoms with Gasteiger partial charge in [-0.15, -0.1) is 0 Å². The van der Waals surface area contributed by atoms with E-state index in [1.54, 1.807) is 4.31 Å². The number of hydrogen-bond donors (Lipinski definition) is 1. The van der Waals surface area contributed by atoms with E-state index in [1.807, 2.05) is 48.5 Å². The first-order valence-corrected chi connectivity index (χ1v) is 8.58. The van der Waals surface area contributed by atoms with Gasteiger partial charge < -0.3 is 5.73 Å². The van der Waals surface area contributed by atoms with Crippen LogP contribution < -0.4 is 5.73 Å². The quantitative estimate of drug-likeness (QED) is 0.886. The Bertz CT molecular complexity index is 756. The Hall–Kier alpha value is -1.85. The minimum atomic E-state index is -3.06. The van der Waals surface area contributed by atoms with Crippen molar-refractivity contribution >= 4 is 15.7 Å². The maximum atomic E-state index is 11.9. The van der Waals surface area contributed by atoms with Gasteiger partial charge in [0.05, 0.1) is 5.75 Å². The summed E-state index contributed by atoms with van der Waals surface area (Å²) < 4.78 is 25.3. The first-order valence-electron chi connectivity index (χ1n) is 6.97. The van der Waals surface area contributed by atoms with Crippen LogP contribution in [0.15, 0.2) is 48.5 Å². The molecule has 1 fully saturated rings. The third-order valence-corrected chi connectivity index (χ3v) is 5.61. The fourth-order valence-electron chi connectivity index (χ4n) is 2.64. The molecule has 4 nitrogen and oxygen atoms in total. The van der Waals surface area contributed by atoms with E-state index in [0.717, 1.165) is 28.8 Å². The molecule has 1 heterocycles. The van der Waals surface area contributed by atoms with Gasteiger partial charge in [-0.1, -0.05) is 30.3 Å². The molecule has 0 aliphatic carbocycles. The summed E-state index contributed by atoms with van der Waals surface area (Å²) in [6.07, 6.45) is 0.719. The summed E-state index contributed by atoms with van der Waals surface area (Å²) in [6.45, 7) is 1.06. The first kappa shape index (κ1) is 14.1. The van der Waals surface area contributed by atoms with Crippen LogP contribution >= 0.6 is 0 Å². The molecule has 0 amide bonds. The summed E-state index contributed by atoms with van der Waals surface area (Å²) in [5.74, 6) is 0.266. The molecule has 0 saturated carbocycles. The van der Waals surface area contributed by atoms with E-state index in [9.17, 15) is 8.42 Å². The SMILES string of the molecule is Nc1cccc(-c2cccc(CN3CCCS3(=O)=O)c2)c1. The molecule has 0 aromatic heterocycles. The zero-order valence-electron chi connectivity index (χ0n) is 11.7. The Morgan fingerprint density at radius 2 is 1.76 bits per heavy atom. The van der Waals surface area contributed by atoms with Crippen molar-refractivity contribution in [3.05, 3.63) is 54.1 Å². The van der Waals surface area contributed by atoms with Crippen molar-refractivity contribution in [3.63, 3.8) is 0 Å². The first-order chi connectivity index (χ1) is 10.0. The predicted octanol–water partition coefficient (Wildman–Crippen LogP) is 2.47. The number of anilines is 1. The molecular formula is C16H18N2O2S. The van der Waals surface area contributed by atoms with Crippen molar-refractivity contribution in [1.29, 1.82) is 0 Å². The molecule has 110 valence electrons. The minimum absolute atomic E-state index is 0.266. The molecule has 1 aliphatic heterocycles. The van der Waals surface area contributed by atoms with Gasteiger partial charge in [0, 0.05) is 18.8 Å². The third kappa shape index (κ3) is 3.09. The highest BCUT2D eigenvalue weighted by Crippen LogP contribution is 2.24. The summed E-state index contributed by atoms with van der Waals surface area (Å²) in [5, 5.41) is 0. The number of nitrogen functional groups attached to an aromatic ring is 1. The number of nitrogens with two attached hydrogens (primary N) is 1. The van der Waals surface area contributed by atoms with E-state index >= 15 is 0 Å². The molecule has 0 radical (unpaired) electrons. The van der Waals surface area contributed by atoms with Gasteiger partial charge in [0.25, 0.3) is 0 Å². The van der Waals surface area contributed by atoms with Crippen molar-refractivity contribution in [3.8, 4) is 11.1 Å². The molecule has 0 atom stereocenters. The van der Waals surface area contributed by atoms with E-state index in [-0.39, 0.29) is 5.75 Å². The second kappa shape index (κ2) is 5.50. The van der Waals surface area contributed by atoms with Gasteiger partial charge in [0.1, 0.15) is 0 Å². The van der Waals surface area contributed by atoms with E-state index in [0.29, 0.717) is 13.1 Å². The second-order valence-corrected chi connectivity index (χ2v) is 7.42. The highest BCUT2D eigenvalue weighted by molar-refractivity contribution is 7.89. The lowest BCUT2D eigenvalue weighted by molar-refractivity contribution is 0.440. The van der Waals surface area contributed by atoms with Gasteiger partial charge in [-0.3, -0.25) is 0 Å². The van der Waals surface area contributed by atoms with E-state index in [2.05, 4.69) is 0 Å². The largest absolute Gasteiger partial charge is 0.399 e. The van der Waals surface area contributed by atoms with E-state index < -0.39 is 10.0 Å². The number of rotatable bonds is 3. The maximum Gasteiger partial charge on any atom is 0.214 e. The average Bonchev–Trinajstić information content (AvgIpc) is 2.78. The minimum Gasteiger partial charge on any atom is -0.399 e. The lowest BCUT2D eigenvalue weighted by Crippen LogP contribution is -2.25. The van der Waals surface area contributed by atoms with Crippen LogP contribution in [0.1, 0.15) is 12.0 Å². The predicted molar refractivity (Wildman–Crippen MR) is 85.1 cm³/mol. The molecule has 1 aliphatic rings. The Kier molecular flexibility index (Phi) is 3.69. The molecule has 5 heteroatoms. The van der Waals surface area contributed by atoms with Crippen LogP contribution in [0.2, 0.25) is 0 Å². The standard InChI is InChI=1S/C16H18N2O2S/c17-16-7-2-6-15(11-16)14-5-1-4-13(10-14)12-18-8-3-9-21(18,19)20/h1-2,4-7,10-11H,3,8-9,12,17H2. The van der Waals surface area contributed by atoms with Gasteiger partial charge in [0.15, 0.2) is 0 Å². The smallest absolute Gasteiger partial charge is 0.214 e. The zero-order valence-corrected chi connectivity index (χ0v) is 12.5. The highest BCUT2D eigenvalue weighted by Gasteiger charge is 2.27. The molecule has 21 heavy (non-hydrogen) atoms. The number of hydrogen-bond acceptors (Lipinski definition) is 3. The van der Waals surface area contributed by atoms with Crippen LogP contribution in [0.5, 0.6) is 0 Å². The molecule has 0 unspecified atom stereocenters. The average molecular weight is 302 g/mol. The third-order valence-electron chi connectivity index (χ3n) is 3.71. The van der Waals surface area contributed by atoms with Crippen LogP contribution in [0.3, 0.4) is 0 Å². The van der Waals surface area contributed by atoms with Crippen LogP contribution in [0.4, 0.5) is 5.69 Å². The molecule has 0 bridgehead atoms. The topological polar surface area (TPSA) is 63.4 Å². The highest BCUT2D eigenvalue weighted by atomic mass is 32.2. The number of sulfonamides is 1. The number of benzene rings is 2. The Morgan fingerprint density at radius 3 is 2.43 bits per heavy atom. The van der Waals surface area contributed by atoms with Crippen molar-refractivity contribution in [2.24, 2.45) is 0 Å². The second-order valence-electron chi connectivity index (χ2n) is 5.33. The molecule has 2 aromatic rings. The monoisotopic (exact) mass is 302 g/mol. The van der Waals surface area contributed by atoms with Crippen molar-refractivity contribution in [1.82, 2.24) is 4.31 Å². The van der Waals surface area contributed by atoms with Gasteiger partial charge >= 0.3 is 0 Å². The van der Waals surface area contributed by atoms with Crippen LogP contribution in [0.25, 0.3) is 11.1 Å². The fraction of sp³-hybridized carbons (Fsp3) is 0.250. The van der Waals surface area contributed by atoms with Crippen molar-refractivity contribution < 1.29 is 8.42 Å².